The second-order valence-corrected chi connectivity index (χ2v) is 14.0. The van der Waals surface area contributed by atoms with Crippen molar-refractivity contribution in [3.05, 3.63) is 35.4 Å². The number of halogens is 6. The number of nitrogens with zero attached hydrogens (tertiary/aromatic N) is 5. The van der Waals surface area contributed by atoms with Gasteiger partial charge in [0.15, 0.2) is 10.9 Å². The Kier molecular flexibility index (Phi) is 7.03. The normalized spacial score (nSPS) is 26.5. The molecule has 3 N–H and O–H groups in total. The summed E-state index contributed by atoms with van der Waals surface area (Å²) in [4.78, 5) is 17.3. The van der Waals surface area contributed by atoms with Crippen LogP contribution in [0.2, 0.25) is 0 Å². The van der Waals surface area contributed by atoms with Crippen LogP contribution in [0.1, 0.15) is 37.7 Å². The number of hydrogen-bond acceptors (Lipinski definition) is 9. The molecule has 0 aliphatic carbocycles. The summed E-state index contributed by atoms with van der Waals surface area (Å²) in [7, 11) is 0. The Hall–Kier alpha value is -3.43. The van der Waals surface area contributed by atoms with E-state index in [1.165, 1.54) is 12.1 Å². The van der Waals surface area contributed by atoms with E-state index >= 15 is 4.39 Å². The van der Waals surface area contributed by atoms with E-state index in [1.54, 1.807) is 0 Å². The summed E-state index contributed by atoms with van der Waals surface area (Å²) in [5.41, 5.74) is 4.32. The maximum atomic E-state index is 17.0. The predicted molar refractivity (Wildman–Crippen MR) is 163 cm³/mol. The number of nitrogens with two attached hydrogens (primary N) is 1. The highest BCUT2D eigenvalue weighted by molar-refractivity contribution is 7.22. The SMILES string of the molecule is Nc1nc2c(-c3c(CC(F)(F)F)cc4c(N5CC6CCC(C5)N6)nc(OC[C@@]56CCCN5C[C@H](F)C6)nc4c3F)ccc(F)c2s1. The molecular formula is C31H31F6N7OS. The standard InChI is InChI=1S/C31H31F6N7OS/c32-16-10-30(6-1-7-44(30)11-16)14-45-29-41-24-20(27(42-29)43-12-17-2-3-18(13-43)39-17)8-15(9-31(35,36)37)22(23(24)34)19-4-5-21(33)26-25(19)40-28(38)46-26/h4-5,8,16-18,39H,1-3,6-7,9-14H2,(H2,38,40)/t16-,17?,18?,30+/m1/s1. The van der Waals surface area contributed by atoms with Gasteiger partial charge in [-0.2, -0.15) is 23.1 Å². The fraction of sp³-hybridized carbons (Fsp3) is 0.516. The number of alkyl halides is 4. The molecule has 2 aromatic carbocycles. The molecule has 0 amide bonds. The summed E-state index contributed by atoms with van der Waals surface area (Å²) in [6.45, 7) is 2.23. The van der Waals surface area contributed by atoms with E-state index in [-0.39, 0.29) is 73.5 Å². The van der Waals surface area contributed by atoms with Gasteiger partial charge in [0.25, 0.3) is 0 Å². The van der Waals surface area contributed by atoms with E-state index < -0.39 is 35.9 Å². The number of ether oxygens (including phenoxy) is 1. The fourth-order valence-corrected chi connectivity index (χ4v) is 8.77. The van der Waals surface area contributed by atoms with Gasteiger partial charge in [-0.15, -0.1) is 0 Å². The number of nitrogens with one attached hydrogen (secondary N) is 1. The Labute approximate surface area is 263 Å². The zero-order valence-corrected chi connectivity index (χ0v) is 25.5. The first-order valence-electron chi connectivity index (χ1n) is 15.4. The number of fused-ring (bicyclic) bond motifs is 5. The molecule has 4 fully saturated rings. The molecule has 2 aromatic heterocycles. The molecule has 6 heterocycles. The summed E-state index contributed by atoms with van der Waals surface area (Å²) >= 11 is 0.830. The summed E-state index contributed by atoms with van der Waals surface area (Å²) in [5.74, 6) is -1.40. The van der Waals surface area contributed by atoms with Gasteiger partial charge < -0.3 is 20.7 Å². The van der Waals surface area contributed by atoms with Crippen molar-refractivity contribution < 1.29 is 31.1 Å². The Morgan fingerprint density at radius 1 is 1.07 bits per heavy atom. The first-order valence-corrected chi connectivity index (χ1v) is 16.3. The van der Waals surface area contributed by atoms with E-state index in [9.17, 15) is 22.0 Å². The van der Waals surface area contributed by atoms with Gasteiger partial charge in [-0.25, -0.2) is 18.2 Å². The van der Waals surface area contributed by atoms with Gasteiger partial charge in [0.05, 0.1) is 22.2 Å². The average Bonchev–Trinajstić information content (AvgIpc) is 3.74. The van der Waals surface area contributed by atoms with E-state index in [0.29, 0.717) is 26.1 Å². The summed E-state index contributed by atoms with van der Waals surface area (Å²) in [6, 6.07) is 3.75. The third-order valence-corrected chi connectivity index (χ3v) is 10.8. The van der Waals surface area contributed by atoms with Gasteiger partial charge in [-0.3, -0.25) is 4.90 Å². The summed E-state index contributed by atoms with van der Waals surface area (Å²) in [5, 5.41) is 3.64. The van der Waals surface area contributed by atoms with Crippen molar-refractivity contribution >= 4 is 43.4 Å². The molecule has 4 saturated heterocycles. The summed E-state index contributed by atoms with van der Waals surface area (Å²) < 4.78 is 94.4. The molecule has 4 atom stereocenters. The first-order chi connectivity index (χ1) is 22.0. The van der Waals surface area contributed by atoms with Crippen molar-refractivity contribution in [1.29, 1.82) is 0 Å². The molecule has 0 spiro atoms. The van der Waals surface area contributed by atoms with Crippen molar-refractivity contribution in [3.63, 3.8) is 0 Å². The van der Waals surface area contributed by atoms with Crippen LogP contribution >= 0.6 is 11.3 Å². The zero-order valence-electron chi connectivity index (χ0n) is 24.6. The quantitative estimate of drug-likeness (QED) is 0.252. The van der Waals surface area contributed by atoms with Crippen molar-refractivity contribution in [2.24, 2.45) is 0 Å². The molecule has 244 valence electrons. The molecule has 4 aliphatic heterocycles. The van der Waals surface area contributed by atoms with E-state index in [1.807, 2.05) is 4.90 Å². The lowest BCUT2D eigenvalue weighted by molar-refractivity contribution is -0.127. The first kappa shape index (κ1) is 29.9. The van der Waals surface area contributed by atoms with Crippen LogP contribution in [0.25, 0.3) is 32.2 Å². The molecule has 4 aliphatic rings. The zero-order chi connectivity index (χ0) is 32.0. The van der Waals surface area contributed by atoms with Gasteiger partial charge >= 0.3 is 12.2 Å². The lowest BCUT2D eigenvalue weighted by Gasteiger charge is -2.35. The van der Waals surface area contributed by atoms with Crippen LogP contribution in [0.4, 0.5) is 37.3 Å². The molecule has 0 radical (unpaired) electrons. The average molecular weight is 664 g/mol. The molecule has 8 rings (SSSR count). The van der Waals surface area contributed by atoms with Crippen molar-refractivity contribution in [2.45, 2.75) is 68.5 Å². The van der Waals surface area contributed by atoms with Crippen LogP contribution in [0.5, 0.6) is 6.01 Å². The second kappa shape index (κ2) is 10.8. The number of hydrogen-bond donors (Lipinski definition) is 2. The number of aromatic nitrogens is 3. The van der Waals surface area contributed by atoms with Crippen LogP contribution in [0, 0.1) is 11.6 Å². The Morgan fingerprint density at radius 2 is 1.85 bits per heavy atom. The van der Waals surface area contributed by atoms with Crippen LogP contribution < -0.4 is 20.7 Å². The predicted octanol–water partition coefficient (Wildman–Crippen LogP) is 5.77. The smallest absolute Gasteiger partial charge is 0.393 e. The number of anilines is 2. The van der Waals surface area contributed by atoms with Gasteiger partial charge in [0, 0.05) is 54.7 Å². The van der Waals surface area contributed by atoms with Crippen LogP contribution in [-0.2, 0) is 6.42 Å². The van der Waals surface area contributed by atoms with Gasteiger partial charge in [0.2, 0.25) is 0 Å². The van der Waals surface area contributed by atoms with Gasteiger partial charge in [0.1, 0.15) is 29.9 Å². The molecule has 2 bridgehead atoms. The van der Waals surface area contributed by atoms with Crippen LogP contribution in [0.3, 0.4) is 0 Å². The van der Waals surface area contributed by atoms with Crippen LogP contribution in [0.15, 0.2) is 18.2 Å². The maximum Gasteiger partial charge on any atom is 0.393 e. The highest BCUT2D eigenvalue weighted by Crippen LogP contribution is 2.44. The Morgan fingerprint density at radius 3 is 2.61 bits per heavy atom. The lowest BCUT2D eigenvalue weighted by atomic mass is 9.93. The topological polar surface area (TPSA) is 92.4 Å². The third-order valence-electron chi connectivity index (χ3n) is 9.89. The number of piperazine rings is 1. The molecular weight excluding hydrogens is 632 g/mol. The number of benzene rings is 2. The van der Waals surface area contributed by atoms with Gasteiger partial charge in [-0.05, 0) is 56.0 Å². The fourth-order valence-electron chi connectivity index (χ4n) is 8.01. The molecule has 46 heavy (non-hydrogen) atoms. The monoisotopic (exact) mass is 663 g/mol. The van der Waals surface area contributed by atoms with Crippen LogP contribution in [-0.4, -0.2) is 82.6 Å². The highest BCUT2D eigenvalue weighted by atomic mass is 32.1. The molecule has 0 saturated carbocycles. The minimum Gasteiger partial charge on any atom is -0.461 e. The third kappa shape index (κ3) is 5.10. The number of nitrogen functional groups attached to an aromatic ring is 1. The molecule has 4 aromatic rings. The van der Waals surface area contributed by atoms with Gasteiger partial charge in [-0.1, -0.05) is 11.3 Å². The number of rotatable bonds is 6. The lowest BCUT2D eigenvalue weighted by Crippen LogP contribution is -2.51. The minimum atomic E-state index is -4.69. The number of thiazole rings is 1. The van der Waals surface area contributed by atoms with E-state index in [4.69, 9.17) is 10.5 Å². The van der Waals surface area contributed by atoms with Crippen molar-refractivity contribution in [3.8, 4) is 17.1 Å². The largest absolute Gasteiger partial charge is 0.461 e. The molecule has 8 nitrogen and oxygen atoms in total. The highest BCUT2D eigenvalue weighted by Gasteiger charge is 2.49. The van der Waals surface area contributed by atoms with Crippen molar-refractivity contribution in [1.82, 2.24) is 25.2 Å². The Bertz CT molecular complexity index is 1840. The second-order valence-electron chi connectivity index (χ2n) is 13.0. The summed E-state index contributed by atoms with van der Waals surface area (Å²) in [6.07, 6.45) is -3.28. The molecule has 15 heteroatoms. The van der Waals surface area contributed by atoms with E-state index in [2.05, 4.69) is 25.2 Å². The van der Waals surface area contributed by atoms with E-state index in [0.717, 1.165) is 49.6 Å². The minimum absolute atomic E-state index is 0.00341. The Balaban J connectivity index is 1.31. The molecule has 2 unspecified atom stereocenters. The van der Waals surface area contributed by atoms with Crippen molar-refractivity contribution in [2.75, 3.05) is 43.4 Å². The maximum absolute atomic E-state index is 17.0.